The van der Waals surface area contributed by atoms with E-state index >= 15 is 0 Å². The summed E-state index contributed by atoms with van der Waals surface area (Å²) in [6.45, 7) is 2.46. The first-order valence-electron chi connectivity index (χ1n) is 9.70. The smallest absolute Gasteiger partial charge is 0.235 e. The number of carbonyl (C=O) groups is 1. The van der Waals surface area contributed by atoms with Gasteiger partial charge in [-0.1, -0.05) is 60.2 Å². The predicted octanol–water partition coefficient (Wildman–Crippen LogP) is 3.11. The van der Waals surface area contributed by atoms with Gasteiger partial charge in [-0.05, 0) is 35.4 Å². The van der Waals surface area contributed by atoms with Gasteiger partial charge >= 0.3 is 0 Å². The van der Waals surface area contributed by atoms with Crippen LogP contribution in [0.2, 0.25) is 0 Å². The predicted molar refractivity (Wildman–Crippen MR) is 119 cm³/mol. The number of fused-ring (bicyclic) bond motifs is 1. The molecule has 7 heteroatoms. The lowest BCUT2D eigenvalue weighted by atomic mass is 10.1. The van der Waals surface area contributed by atoms with Crippen molar-refractivity contribution < 1.29 is 17.9 Å². The van der Waals surface area contributed by atoms with E-state index in [9.17, 15) is 13.2 Å². The lowest BCUT2D eigenvalue weighted by Crippen LogP contribution is -2.40. The summed E-state index contributed by atoms with van der Waals surface area (Å²) in [5, 5.41) is 4.93. The van der Waals surface area contributed by atoms with Gasteiger partial charge in [0, 0.05) is 6.54 Å². The van der Waals surface area contributed by atoms with Crippen LogP contribution in [0.15, 0.2) is 66.7 Å². The summed E-state index contributed by atoms with van der Waals surface area (Å²) in [4.78, 5) is 12.3. The standard InChI is InChI=1S/C23H26N2O4S/c1-18-7-9-19(10-8-18)16-25(30(2,27)28)17-23(26)24-13-14-29-22-12-11-20-5-3-4-6-21(20)15-22/h3-12,15H,13-14,16-17H2,1-2H3,(H,24,26). The maximum absolute atomic E-state index is 12.3. The Kier molecular flexibility index (Phi) is 7.07. The molecule has 1 N–H and O–H groups in total. The Bertz CT molecular complexity index is 1110. The zero-order chi connectivity index (χ0) is 21.6. The average molecular weight is 427 g/mol. The first-order valence-corrected chi connectivity index (χ1v) is 11.5. The number of amides is 1. The van der Waals surface area contributed by atoms with Crippen LogP contribution in [0, 0.1) is 6.92 Å². The van der Waals surface area contributed by atoms with Crippen LogP contribution in [0.3, 0.4) is 0 Å². The SMILES string of the molecule is Cc1ccc(CN(CC(=O)NCCOc2ccc3ccccc3c2)S(C)(=O)=O)cc1. The van der Waals surface area contributed by atoms with Crippen molar-refractivity contribution >= 4 is 26.7 Å². The number of carbonyl (C=O) groups excluding carboxylic acids is 1. The molecular formula is C23H26N2O4S. The number of sulfonamides is 1. The third kappa shape index (κ3) is 6.30. The zero-order valence-corrected chi connectivity index (χ0v) is 18.0. The molecule has 0 aromatic heterocycles. The Hall–Kier alpha value is -2.90. The summed E-state index contributed by atoms with van der Waals surface area (Å²) in [6, 6.07) is 21.4. The van der Waals surface area contributed by atoms with E-state index in [4.69, 9.17) is 4.74 Å². The molecule has 158 valence electrons. The molecule has 0 radical (unpaired) electrons. The molecule has 0 saturated heterocycles. The van der Waals surface area contributed by atoms with Crippen LogP contribution >= 0.6 is 0 Å². The van der Waals surface area contributed by atoms with Gasteiger partial charge in [-0.2, -0.15) is 4.31 Å². The molecule has 0 atom stereocenters. The molecule has 3 rings (SSSR count). The minimum absolute atomic E-state index is 0.153. The van der Waals surface area contributed by atoms with Gasteiger partial charge in [0.25, 0.3) is 0 Å². The number of nitrogens with one attached hydrogen (secondary N) is 1. The number of ether oxygens (including phenoxy) is 1. The lowest BCUT2D eigenvalue weighted by Gasteiger charge is -2.19. The van der Waals surface area contributed by atoms with Gasteiger partial charge in [-0.25, -0.2) is 8.42 Å². The monoisotopic (exact) mass is 426 g/mol. The molecule has 6 nitrogen and oxygen atoms in total. The van der Waals surface area contributed by atoms with Crippen LogP contribution in [0.25, 0.3) is 10.8 Å². The third-order valence-electron chi connectivity index (χ3n) is 4.68. The molecule has 30 heavy (non-hydrogen) atoms. The van der Waals surface area contributed by atoms with Gasteiger partial charge in [0.2, 0.25) is 15.9 Å². The van der Waals surface area contributed by atoms with Crippen molar-refractivity contribution in [1.29, 1.82) is 0 Å². The maximum Gasteiger partial charge on any atom is 0.235 e. The van der Waals surface area contributed by atoms with Gasteiger partial charge in [0.15, 0.2) is 0 Å². The second-order valence-corrected chi connectivity index (χ2v) is 9.21. The molecule has 0 saturated carbocycles. The van der Waals surface area contributed by atoms with E-state index in [0.29, 0.717) is 6.61 Å². The summed E-state index contributed by atoms with van der Waals surface area (Å²) in [5.74, 6) is 0.356. The van der Waals surface area contributed by atoms with E-state index in [1.165, 1.54) is 0 Å². The van der Waals surface area contributed by atoms with Crippen LogP contribution in [-0.2, 0) is 21.4 Å². The van der Waals surface area contributed by atoms with E-state index in [-0.39, 0.29) is 25.5 Å². The van der Waals surface area contributed by atoms with Crippen molar-refractivity contribution in [2.75, 3.05) is 26.0 Å². The summed E-state index contributed by atoms with van der Waals surface area (Å²) in [5.41, 5.74) is 1.92. The second-order valence-electron chi connectivity index (χ2n) is 7.22. The van der Waals surface area contributed by atoms with Gasteiger partial charge in [-0.3, -0.25) is 4.79 Å². The van der Waals surface area contributed by atoms with Crippen molar-refractivity contribution in [2.45, 2.75) is 13.5 Å². The molecule has 0 bridgehead atoms. The molecule has 0 spiro atoms. The van der Waals surface area contributed by atoms with E-state index in [1.807, 2.05) is 73.7 Å². The molecule has 0 aliphatic heterocycles. The Labute approximate surface area is 177 Å². The maximum atomic E-state index is 12.3. The number of nitrogens with zero attached hydrogens (tertiary/aromatic N) is 1. The fraction of sp³-hybridized carbons (Fsp3) is 0.261. The van der Waals surface area contributed by atoms with Crippen LogP contribution in [0.1, 0.15) is 11.1 Å². The molecule has 3 aromatic carbocycles. The highest BCUT2D eigenvalue weighted by Crippen LogP contribution is 2.20. The number of hydrogen-bond donors (Lipinski definition) is 1. The molecule has 0 aliphatic rings. The topological polar surface area (TPSA) is 75.7 Å². The Morgan fingerprint density at radius 3 is 2.40 bits per heavy atom. The summed E-state index contributed by atoms with van der Waals surface area (Å²) >= 11 is 0. The molecule has 0 aliphatic carbocycles. The van der Waals surface area contributed by atoms with Crippen LogP contribution < -0.4 is 10.1 Å². The molecule has 3 aromatic rings. The van der Waals surface area contributed by atoms with Crippen molar-refractivity contribution in [3.05, 3.63) is 77.9 Å². The first-order chi connectivity index (χ1) is 14.3. The largest absolute Gasteiger partial charge is 0.492 e. The fourth-order valence-electron chi connectivity index (χ4n) is 3.02. The number of rotatable bonds is 9. The normalized spacial score (nSPS) is 11.6. The number of benzene rings is 3. The minimum atomic E-state index is -3.52. The Morgan fingerprint density at radius 1 is 1.00 bits per heavy atom. The highest BCUT2D eigenvalue weighted by molar-refractivity contribution is 7.88. The third-order valence-corrected chi connectivity index (χ3v) is 5.88. The van der Waals surface area contributed by atoms with E-state index < -0.39 is 10.0 Å². The van der Waals surface area contributed by atoms with Crippen LogP contribution in [0.4, 0.5) is 0 Å². The molecule has 0 unspecified atom stereocenters. The second kappa shape index (κ2) is 9.73. The van der Waals surface area contributed by atoms with Gasteiger partial charge in [0.05, 0.1) is 19.3 Å². The molecule has 0 heterocycles. The summed E-state index contributed by atoms with van der Waals surface area (Å²) < 4.78 is 31.0. The number of aryl methyl sites for hydroxylation is 1. The van der Waals surface area contributed by atoms with Crippen LogP contribution in [-0.4, -0.2) is 44.6 Å². The fourth-order valence-corrected chi connectivity index (χ4v) is 3.76. The minimum Gasteiger partial charge on any atom is -0.492 e. The van der Waals surface area contributed by atoms with Gasteiger partial charge < -0.3 is 10.1 Å². The summed E-state index contributed by atoms with van der Waals surface area (Å²) in [6.07, 6.45) is 1.11. The van der Waals surface area contributed by atoms with E-state index in [2.05, 4.69) is 5.32 Å². The Morgan fingerprint density at radius 2 is 1.70 bits per heavy atom. The van der Waals surface area contributed by atoms with Gasteiger partial charge in [0.1, 0.15) is 12.4 Å². The van der Waals surface area contributed by atoms with Crippen molar-refractivity contribution in [3.63, 3.8) is 0 Å². The van der Waals surface area contributed by atoms with Gasteiger partial charge in [-0.15, -0.1) is 0 Å². The summed E-state index contributed by atoms with van der Waals surface area (Å²) in [7, 11) is -3.52. The first kappa shape index (κ1) is 21.8. The van der Waals surface area contributed by atoms with Crippen molar-refractivity contribution in [3.8, 4) is 5.75 Å². The van der Waals surface area contributed by atoms with E-state index in [0.717, 1.165) is 38.2 Å². The highest BCUT2D eigenvalue weighted by atomic mass is 32.2. The zero-order valence-electron chi connectivity index (χ0n) is 17.2. The van der Waals surface area contributed by atoms with Crippen LogP contribution in [0.5, 0.6) is 5.75 Å². The Balaban J connectivity index is 1.49. The number of hydrogen-bond acceptors (Lipinski definition) is 4. The highest BCUT2D eigenvalue weighted by Gasteiger charge is 2.20. The molecular weight excluding hydrogens is 400 g/mol. The molecule has 0 fully saturated rings. The quantitative estimate of drug-likeness (QED) is 0.534. The molecule has 1 amide bonds. The lowest BCUT2D eigenvalue weighted by molar-refractivity contribution is -0.121. The van der Waals surface area contributed by atoms with Crippen molar-refractivity contribution in [1.82, 2.24) is 9.62 Å². The van der Waals surface area contributed by atoms with Crippen molar-refractivity contribution in [2.24, 2.45) is 0 Å². The average Bonchev–Trinajstić information content (AvgIpc) is 2.71. The van der Waals surface area contributed by atoms with E-state index in [1.54, 1.807) is 0 Å².